The quantitative estimate of drug-likeness (QED) is 0.567. The molecule has 1 aliphatic heterocycles. The van der Waals surface area contributed by atoms with Crippen molar-refractivity contribution < 1.29 is 24.6 Å². The minimum absolute atomic E-state index is 0.251. The van der Waals surface area contributed by atoms with Crippen molar-refractivity contribution in [2.75, 3.05) is 26.7 Å². The molecule has 1 aliphatic rings. The number of hydrogen-bond acceptors (Lipinski definition) is 4. The summed E-state index contributed by atoms with van der Waals surface area (Å²) in [7, 11) is 2.04. The van der Waals surface area contributed by atoms with E-state index in [1.165, 1.54) is 0 Å². The first-order valence-corrected chi connectivity index (χ1v) is 6.69. The molecule has 1 atom stereocenters. The predicted molar refractivity (Wildman–Crippen MR) is 76.6 cm³/mol. The van der Waals surface area contributed by atoms with Gasteiger partial charge in [0.1, 0.15) is 0 Å². The van der Waals surface area contributed by atoms with E-state index >= 15 is 0 Å². The topological polar surface area (TPSA) is 98.2 Å². The number of carboxylic acid groups (broad SMARTS) is 2. The Bertz CT molecular complexity index is 426. The van der Waals surface area contributed by atoms with Gasteiger partial charge in [0.15, 0.2) is 0 Å². The van der Waals surface area contributed by atoms with Crippen molar-refractivity contribution >= 4 is 17.8 Å². The van der Waals surface area contributed by atoms with Gasteiger partial charge in [-0.05, 0) is 26.9 Å². The van der Waals surface area contributed by atoms with E-state index in [4.69, 9.17) is 19.8 Å². The average molecular weight is 298 g/mol. The van der Waals surface area contributed by atoms with E-state index in [0.717, 1.165) is 19.5 Å². The van der Waals surface area contributed by atoms with Crippen molar-refractivity contribution in [3.63, 3.8) is 0 Å². The Morgan fingerprint density at radius 1 is 1.33 bits per heavy atom. The third kappa shape index (κ3) is 7.95. The molecule has 7 nitrogen and oxygen atoms in total. The fourth-order valence-electron chi connectivity index (χ4n) is 1.57. The maximum atomic E-state index is 11.4. The zero-order valence-corrected chi connectivity index (χ0v) is 12.6. The van der Waals surface area contributed by atoms with E-state index in [1.807, 2.05) is 11.9 Å². The number of amides is 1. The van der Waals surface area contributed by atoms with Crippen LogP contribution in [0.15, 0.2) is 0 Å². The number of carbonyl (C=O) groups is 3. The first-order chi connectivity index (χ1) is 9.79. The highest BCUT2D eigenvalue weighted by Gasteiger charge is 2.26. The fourth-order valence-corrected chi connectivity index (χ4v) is 1.57. The van der Waals surface area contributed by atoms with E-state index in [9.17, 15) is 4.79 Å². The summed E-state index contributed by atoms with van der Waals surface area (Å²) in [5, 5.41) is 14.8. The van der Waals surface area contributed by atoms with Crippen LogP contribution in [0, 0.1) is 11.8 Å². The van der Waals surface area contributed by atoms with Crippen molar-refractivity contribution in [1.82, 2.24) is 9.80 Å². The third-order valence-corrected chi connectivity index (χ3v) is 3.07. The minimum atomic E-state index is -1.82. The van der Waals surface area contributed by atoms with Crippen LogP contribution in [0.5, 0.6) is 0 Å². The van der Waals surface area contributed by atoms with Gasteiger partial charge in [-0.15, -0.1) is 0 Å². The molecule has 1 fully saturated rings. The number of aliphatic carboxylic acids is 2. The molecular formula is C14H22N2O5. The Kier molecular flexibility index (Phi) is 8.81. The molecular weight excluding hydrogens is 276 g/mol. The molecule has 0 aliphatic carbocycles. The minimum Gasteiger partial charge on any atom is -0.473 e. The second-order valence-corrected chi connectivity index (χ2v) is 4.70. The maximum absolute atomic E-state index is 11.4. The van der Waals surface area contributed by atoms with Crippen molar-refractivity contribution in [3.05, 3.63) is 0 Å². The van der Waals surface area contributed by atoms with Gasteiger partial charge in [0.25, 0.3) is 0 Å². The van der Waals surface area contributed by atoms with Gasteiger partial charge in [0.05, 0.1) is 13.1 Å². The Balaban J connectivity index is 0.000000567. The molecule has 0 radical (unpaired) electrons. The van der Waals surface area contributed by atoms with Crippen LogP contribution in [-0.2, 0) is 14.4 Å². The molecule has 1 unspecified atom stereocenters. The number of nitrogens with zero attached hydrogens (tertiary/aromatic N) is 2. The lowest BCUT2D eigenvalue weighted by atomic mass is 10.2. The molecule has 1 rings (SSSR count). The normalized spacial score (nSPS) is 16.9. The molecule has 7 heteroatoms. The van der Waals surface area contributed by atoms with Gasteiger partial charge in [0.2, 0.25) is 5.91 Å². The van der Waals surface area contributed by atoms with Gasteiger partial charge < -0.3 is 15.1 Å². The van der Waals surface area contributed by atoms with Gasteiger partial charge >= 0.3 is 11.9 Å². The van der Waals surface area contributed by atoms with Crippen molar-refractivity contribution in [1.29, 1.82) is 0 Å². The molecule has 0 saturated carbocycles. The second-order valence-electron chi connectivity index (χ2n) is 4.70. The molecule has 2 N–H and O–H groups in total. The Hall–Kier alpha value is -2.07. The summed E-state index contributed by atoms with van der Waals surface area (Å²) < 4.78 is 0. The van der Waals surface area contributed by atoms with Crippen LogP contribution >= 0.6 is 0 Å². The number of carboxylic acids is 2. The van der Waals surface area contributed by atoms with Crippen molar-refractivity contribution in [2.24, 2.45) is 0 Å². The predicted octanol–water partition coefficient (Wildman–Crippen LogP) is 0.108. The number of hydrogen-bond donors (Lipinski definition) is 2. The SMILES string of the molecule is CCN(C)CC#CCN1C(=O)CCC1C.O=C(O)C(=O)O. The Labute approximate surface area is 124 Å². The molecule has 0 bridgehead atoms. The van der Waals surface area contributed by atoms with Gasteiger partial charge in [-0.25, -0.2) is 9.59 Å². The molecule has 21 heavy (non-hydrogen) atoms. The molecule has 1 heterocycles. The first kappa shape index (κ1) is 18.9. The fraction of sp³-hybridized carbons (Fsp3) is 0.643. The van der Waals surface area contributed by atoms with E-state index in [2.05, 4.69) is 30.6 Å². The standard InChI is InChI=1S/C12H20N2O.C2H2O4/c1-4-13(3)9-5-6-10-14-11(2)7-8-12(14)15;3-1(4)2(5)6/h11H,4,7-10H2,1-3H3;(H,3,4)(H,5,6). The molecule has 0 aromatic heterocycles. The highest BCUT2D eigenvalue weighted by molar-refractivity contribution is 6.27. The summed E-state index contributed by atoms with van der Waals surface area (Å²) in [6, 6.07) is 0.371. The zero-order valence-electron chi connectivity index (χ0n) is 12.6. The second kappa shape index (κ2) is 9.77. The number of carbonyl (C=O) groups excluding carboxylic acids is 1. The summed E-state index contributed by atoms with van der Waals surface area (Å²) in [4.78, 5) is 33.6. The van der Waals surface area contributed by atoms with Gasteiger partial charge in [-0.2, -0.15) is 0 Å². The Morgan fingerprint density at radius 3 is 2.29 bits per heavy atom. The van der Waals surface area contributed by atoms with Crippen LogP contribution in [-0.4, -0.2) is 70.6 Å². The Morgan fingerprint density at radius 2 is 1.90 bits per heavy atom. The maximum Gasteiger partial charge on any atom is 0.414 e. The number of rotatable bonds is 3. The van der Waals surface area contributed by atoms with Gasteiger partial charge in [-0.3, -0.25) is 9.69 Å². The summed E-state index contributed by atoms with van der Waals surface area (Å²) in [5.41, 5.74) is 0. The molecule has 0 aromatic carbocycles. The highest BCUT2D eigenvalue weighted by Crippen LogP contribution is 2.16. The monoisotopic (exact) mass is 298 g/mol. The zero-order chi connectivity index (χ0) is 16.4. The molecule has 0 spiro atoms. The van der Waals surface area contributed by atoms with Crippen LogP contribution in [0.2, 0.25) is 0 Å². The molecule has 118 valence electrons. The van der Waals surface area contributed by atoms with E-state index < -0.39 is 11.9 Å². The molecule has 0 aromatic rings. The van der Waals surface area contributed by atoms with Crippen molar-refractivity contribution in [2.45, 2.75) is 32.7 Å². The van der Waals surface area contributed by atoms with Gasteiger partial charge in [0, 0.05) is 12.5 Å². The summed E-state index contributed by atoms with van der Waals surface area (Å²) in [6.07, 6.45) is 1.67. The molecule has 1 saturated heterocycles. The van der Waals surface area contributed by atoms with Gasteiger partial charge in [-0.1, -0.05) is 18.8 Å². The lowest BCUT2D eigenvalue weighted by Gasteiger charge is -2.18. The summed E-state index contributed by atoms with van der Waals surface area (Å²) in [6.45, 7) is 6.58. The van der Waals surface area contributed by atoms with E-state index in [-0.39, 0.29) is 5.91 Å². The van der Waals surface area contributed by atoms with Crippen LogP contribution in [0.1, 0.15) is 26.7 Å². The smallest absolute Gasteiger partial charge is 0.414 e. The summed E-state index contributed by atoms with van der Waals surface area (Å²) >= 11 is 0. The van der Waals surface area contributed by atoms with E-state index in [1.54, 1.807) is 0 Å². The van der Waals surface area contributed by atoms with Crippen molar-refractivity contribution in [3.8, 4) is 11.8 Å². The van der Waals surface area contributed by atoms with Crippen LogP contribution in [0.4, 0.5) is 0 Å². The van der Waals surface area contributed by atoms with Crippen LogP contribution in [0.3, 0.4) is 0 Å². The molecule has 1 amide bonds. The van der Waals surface area contributed by atoms with E-state index in [0.29, 0.717) is 19.0 Å². The highest BCUT2D eigenvalue weighted by atomic mass is 16.4. The largest absolute Gasteiger partial charge is 0.473 e. The first-order valence-electron chi connectivity index (χ1n) is 6.69. The average Bonchev–Trinajstić information content (AvgIpc) is 2.75. The lowest BCUT2D eigenvalue weighted by molar-refractivity contribution is -0.159. The third-order valence-electron chi connectivity index (χ3n) is 3.07. The lowest BCUT2D eigenvalue weighted by Crippen LogP contribution is -2.31. The van der Waals surface area contributed by atoms with Crippen LogP contribution < -0.4 is 0 Å². The number of likely N-dealkylation sites (tertiary alicyclic amines) is 1. The van der Waals surface area contributed by atoms with Crippen LogP contribution in [0.25, 0.3) is 0 Å². The summed E-state index contributed by atoms with van der Waals surface area (Å²) in [5.74, 6) is 2.76.